The van der Waals surface area contributed by atoms with Crippen molar-refractivity contribution in [3.8, 4) is 0 Å². The zero-order valence-corrected chi connectivity index (χ0v) is 10.6. The second kappa shape index (κ2) is 6.10. The molecule has 0 atom stereocenters. The van der Waals surface area contributed by atoms with E-state index in [1.165, 1.54) is 6.07 Å². The molecule has 0 radical (unpaired) electrons. The highest BCUT2D eigenvalue weighted by molar-refractivity contribution is 5.39. The van der Waals surface area contributed by atoms with Crippen LogP contribution in [-0.4, -0.2) is 9.91 Å². The maximum absolute atomic E-state index is 10.8. The fourth-order valence-corrected chi connectivity index (χ4v) is 1.74. The van der Waals surface area contributed by atoms with E-state index in [4.69, 9.17) is 4.42 Å². The Bertz CT molecular complexity index is 566. The predicted molar refractivity (Wildman–Crippen MR) is 69.5 cm³/mol. The minimum absolute atomic E-state index is 0.122. The number of para-hydroxylation sites is 1. The van der Waals surface area contributed by atoms with Gasteiger partial charge in [0.05, 0.1) is 17.7 Å². The first-order valence-electron chi connectivity index (χ1n) is 6.07. The lowest BCUT2D eigenvalue weighted by Crippen LogP contribution is -2.14. The van der Waals surface area contributed by atoms with Gasteiger partial charge in [0.1, 0.15) is 5.76 Å². The summed E-state index contributed by atoms with van der Waals surface area (Å²) in [5, 5.41) is 13.9. The van der Waals surface area contributed by atoms with E-state index in [1.54, 1.807) is 24.4 Å². The third-order valence-electron chi connectivity index (χ3n) is 2.73. The van der Waals surface area contributed by atoms with Crippen LogP contribution in [0.1, 0.15) is 24.1 Å². The van der Waals surface area contributed by atoms with Gasteiger partial charge in [-0.1, -0.05) is 25.1 Å². The normalized spacial score (nSPS) is 10.6. The smallest absolute Gasteiger partial charge is 0.273 e. The highest BCUT2D eigenvalue weighted by Crippen LogP contribution is 2.17. The van der Waals surface area contributed by atoms with Gasteiger partial charge in [-0.05, 0) is 0 Å². The summed E-state index contributed by atoms with van der Waals surface area (Å²) in [6, 6.07) is 6.67. The van der Waals surface area contributed by atoms with E-state index < -0.39 is 0 Å². The minimum Gasteiger partial charge on any atom is -0.444 e. The number of nitro benzene ring substituents is 1. The molecule has 19 heavy (non-hydrogen) atoms. The molecule has 0 amide bonds. The van der Waals surface area contributed by atoms with Gasteiger partial charge >= 0.3 is 0 Å². The molecule has 100 valence electrons. The molecule has 1 N–H and O–H groups in total. The number of nitro groups is 1. The van der Waals surface area contributed by atoms with Crippen molar-refractivity contribution in [1.82, 2.24) is 10.3 Å². The van der Waals surface area contributed by atoms with Crippen LogP contribution in [0.2, 0.25) is 0 Å². The van der Waals surface area contributed by atoms with E-state index in [-0.39, 0.29) is 10.6 Å². The van der Waals surface area contributed by atoms with Crippen LogP contribution in [0.15, 0.2) is 34.9 Å². The second-order valence-electron chi connectivity index (χ2n) is 4.06. The lowest BCUT2D eigenvalue weighted by molar-refractivity contribution is -0.385. The Morgan fingerprint density at radius 3 is 2.84 bits per heavy atom. The van der Waals surface area contributed by atoms with Crippen LogP contribution >= 0.6 is 0 Å². The summed E-state index contributed by atoms with van der Waals surface area (Å²) in [7, 11) is 0. The van der Waals surface area contributed by atoms with E-state index in [0.29, 0.717) is 24.5 Å². The number of aryl methyl sites for hydroxylation is 1. The summed E-state index contributed by atoms with van der Waals surface area (Å²) in [6.45, 7) is 2.85. The molecule has 1 aromatic carbocycles. The van der Waals surface area contributed by atoms with Gasteiger partial charge in [0.15, 0.2) is 0 Å². The standard InChI is InChI=1S/C13H15N3O3/c1-2-11-8-15-13(19-11)9-14-7-10-5-3-4-6-12(10)16(17)18/h3-6,8,14H,2,7,9H2,1H3. The Balaban J connectivity index is 1.94. The summed E-state index contributed by atoms with van der Waals surface area (Å²) in [5.41, 5.74) is 0.770. The van der Waals surface area contributed by atoms with Crippen molar-refractivity contribution in [2.45, 2.75) is 26.4 Å². The van der Waals surface area contributed by atoms with E-state index in [2.05, 4.69) is 10.3 Å². The molecular weight excluding hydrogens is 246 g/mol. The van der Waals surface area contributed by atoms with Crippen molar-refractivity contribution in [2.24, 2.45) is 0 Å². The van der Waals surface area contributed by atoms with Crippen LogP contribution in [0.4, 0.5) is 5.69 Å². The van der Waals surface area contributed by atoms with Gasteiger partial charge in [-0.2, -0.15) is 0 Å². The molecule has 0 aliphatic carbocycles. The Labute approximate surface area is 110 Å². The number of nitrogens with zero attached hydrogens (tertiary/aromatic N) is 2. The van der Waals surface area contributed by atoms with E-state index in [0.717, 1.165) is 12.2 Å². The summed E-state index contributed by atoms with van der Waals surface area (Å²) in [5.74, 6) is 1.43. The molecule has 0 spiro atoms. The number of hydrogen-bond acceptors (Lipinski definition) is 5. The SMILES string of the molecule is CCc1cnc(CNCc2ccccc2[N+](=O)[O-])o1. The van der Waals surface area contributed by atoms with E-state index in [9.17, 15) is 10.1 Å². The fraction of sp³-hybridized carbons (Fsp3) is 0.308. The first-order valence-corrected chi connectivity index (χ1v) is 6.07. The Morgan fingerprint density at radius 2 is 2.16 bits per heavy atom. The monoisotopic (exact) mass is 261 g/mol. The molecular formula is C13H15N3O3. The van der Waals surface area contributed by atoms with Crippen molar-refractivity contribution >= 4 is 5.69 Å². The summed E-state index contributed by atoms with van der Waals surface area (Å²) >= 11 is 0. The number of hydrogen-bond donors (Lipinski definition) is 1. The van der Waals surface area contributed by atoms with Crippen LogP contribution in [0.3, 0.4) is 0 Å². The van der Waals surface area contributed by atoms with Crippen LogP contribution < -0.4 is 5.32 Å². The molecule has 0 bridgehead atoms. The second-order valence-corrected chi connectivity index (χ2v) is 4.06. The van der Waals surface area contributed by atoms with Crippen molar-refractivity contribution in [2.75, 3.05) is 0 Å². The summed E-state index contributed by atoms with van der Waals surface area (Å²) in [6.07, 6.45) is 2.50. The van der Waals surface area contributed by atoms with Crippen molar-refractivity contribution in [1.29, 1.82) is 0 Å². The number of aromatic nitrogens is 1. The average Bonchev–Trinajstić information content (AvgIpc) is 2.87. The highest BCUT2D eigenvalue weighted by atomic mass is 16.6. The number of oxazole rings is 1. The molecule has 6 heteroatoms. The molecule has 0 saturated heterocycles. The molecule has 0 unspecified atom stereocenters. The number of nitrogens with one attached hydrogen (secondary N) is 1. The largest absolute Gasteiger partial charge is 0.444 e. The van der Waals surface area contributed by atoms with Crippen LogP contribution in [0, 0.1) is 10.1 Å². The third kappa shape index (κ3) is 3.38. The molecule has 0 saturated carbocycles. The average molecular weight is 261 g/mol. The maximum Gasteiger partial charge on any atom is 0.273 e. The molecule has 1 heterocycles. The number of rotatable bonds is 6. The molecule has 6 nitrogen and oxygen atoms in total. The van der Waals surface area contributed by atoms with E-state index >= 15 is 0 Å². The molecule has 2 aromatic rings. The maximum atomic E-state index is 10.8. The fourth-order valence-electron chi connectivity index (χ4n) is 1.74. The minimum atomic E-state index is -0.378. The quantitative estimate of drug-likeness (QED) is 0.638. The Morgan fingerprint density at radius 1 is 1.37 bits per heavy atom. The van der Waals surface area contributed by atoms with Crippen LogP contribution in [-0.2, 0) is 19.5 Å². The lowest BCUT2D eigenvalue weighted by atomic mass is 10.2. The van der Waals surface area contributed by atoms with Gasteiger partial charge in [-0.25, -0.2) is 4.98 Å². The zero-order valence-electron chi connectivity index (χ0n) is 10.6. The first-order chi connectivity index (χ1) is 9.20. The van der Waals surface area contributed by atoms with Crippen molar-refractivity contribution < 1.29 is 9.34 Å². The van der Waals surface area contributed by atoms with Gasteiger partial charge < -0.3 is 9.73 Å². The predicted octanol–water partition coefficient (Wildman–Crippen LogP) is 2.44. The van der Waals surface area contributed by atoms with Crippen LogP contribution in [0.5, 0.6) is 0 Å². The Kier molecular flexibility index (Phi) is 4.25. The first kappa shape index (κ1) is 13.2. The molecule has 2 rings (SSSR count). The third-order valence-corrected chi connectivity index (χ3v) is 2.73. The lowest BCUT2D eigenvalue weighted by Gasteiger charge is -2.03. The van der Waals surface area contributed by atoms with Gasteiger partial charge in [0, 0.05) is 24.6 Å². The van der Waals surface area contributed by atoms with Crippen molar-refractivity contribution in [3.05, 3.63) is 57.8 Å². The van der Waals surface area contributed by atoms with Crippen LogP contribution in [0.25, 0.3) is 0 Å². The highest BCUT2D eigenvalue weighted by Gasteiger charge is 2.11. The van der Waals surface area contributed by atoms with Gasteiger partial charge in [0.25, 0.3) is 5.69 Å². The van der Waals surface area contributed by atoms with Crippen molar-refractivity contribution in [3.63, 3.8) is 0 Å². The van der Waals surface area contributed by atoms with Gasteiger partial charge in [0.2, 0.25) is 5.89 Å². The van der Waals surface area contributed by atoms with E-state index in [1.807, 2.05) is 6.92 Å². The Hall–Kier alpha value is -2.21. The van der Waals surface area contributed by atoms with Gasteiger partial charge in [-0.3, -0.25) is 10.1 Å². The zero-order chi connectivity index (χ0) is 13.7. The molecule has 0 aliphatic heterocycles. The summed E-state index contributed by atoms with van der Waals surface area (Å²) in [4.78, 5) is 14.6. The number of benzene rings is 1. The molecule has 0 fully saturated rings. The summed E-state index contributed by atoms with van der Waals surface area (Å²) < 4.78 is 5.44. The van der Waals surface area contributed by atoms with Gasteiger partial charge in [-0.15, -0.1) is 0 Å². The molecule has 1 aromatic heterocycles. The molecule has 0 aliphatic rings. The topological polar surface area (TPSA) is 81.2 Å².